The molecule has 0 saturated carbocycles. The van der Waals surface area contributed by atoms with Gasteiger partial charge in [0.1, 0.15) is 31.1 Å². The van der Waals surface area contributed by atoms with Gasteiger partial charge in [0.25, 0.3) is 0 Å². The van der Waals surface area contributed by atoms with Gasteiger partial charge in [-0.15, -0.1) is 0 Å². The third-order valence-corrected chi connectivity index (χ3v) is 6.44. The van der Waals surface area contributed by atoms with Gasteiger partial charge < -0.3 is 19.8 Å². The predicted molar refractivity (Wildman–Crippen MR) is 142 cm³/mol. The van der Waals surface area contributed by atoms with Gasteiger partial charge in [0.05, 0.1) is 13.2 Å². The quantitative estimate of drug-likeness (QED) is 0.306. The number of anilines is 1. The van der Waals surface area contributed by atoms with Gasteiger partial charge in [0, 0.05) is 28.2 Å². The molecule has 1 amide bonds. The number of carbonyl (C=O) groups is 1. The van der Waals surface area contributed by atoms with E-state index in [2.05, 4.69) is 25.3 Å². The van der Waals surface area contributed by atoms with E-state index in [1.165, 1.54) is 18.2 Å². The summed E-state index contributed by atoms with van der Waals surface area (Å²) in [5.41, 5.74) is 4.14. The maximum atomic E-state index is 13.1. The molecule has 192 valence electrons. The Hall–Kier alpha value is -3.85. The Labute approximate surface area is 220 Å². The number of nitrogens with zero attached hydrogens (tertiary/aromatic N) is 4. The first-order valence-corrected chi connectivity index (χ1v) is 12.7. The summed E-state index contributed by atoms with van der Waals surface area (Å²) in [4.78, 5) is 30.4. The van der Waals surface area contributed by atoms with Crippen molar-refractivity contribution in [3.63, 3.8) is 0 Å². The molecule has 0 radical (unpaired) electrons. The number of rotatable bonds is 8. The topological polar surface area (TPSA) is 105 Å². The molecule has 9 nitrogen and oxygen atoms in total. The van der Waals surface area contributed by atoms with Crippen LogP contribution in [-0.2, 0) is 11.2 Å². The molecule has 1 aliphatic heterocycles. The van der Waals surface area contributed by atoms with E-state index >= 15 is 0 Å². The Morgan fingerprint density at radius 2 is 1.97 bits per heavy atom. The van der Waals surface area contributed by atoms with Crippen molar-refractivity contribution in [1.82, 2.24) is 24.8 Å². The van der Waals surface area contributed by atoms with Crippen LogP contribution in [0.25, 0.3) is 10.9 Å². The molecular weight excluding hydrogens is 492 g/mol. The largest absolute Gasteiger partial charge is 0.492 e. The Kier molecular flexibility index (Phi) is 7.41. The fourth-order valence-corrected chi connectivity index (χ4v) is 4.71. The first-order valence-electron chi connectivity index (χ1n) is 12.3. The van der Waals surface area contributed by atoms with Gasteiger partial charge in [-0.05, 0) is 53.8 Å². The Balaban J connectivity index is 1.36. The molecule has 1 aliphatic rings. The molecule has 0 spiro atoms. The van der Waals surface area contributed by atoms with Crippen molar-refractivity contribution in [2.24, 2.45) is 5.92 Å². The van der Waals surface area contributed by atoms with Gasteiger partial charge in [-0.2, -0.15) is 0 Å². The van der Waals surface area contributed by atoms with Crippen molar-refractivity contribution < 1.29 is 14.3 Å². The van der Waals surface area contributed by atoms with Crippen LogP contribution in [0, 0.1) is 5.92 Å². The predicted octanol–water partition coefficient (Wildman–Crippen LogP) is 5.24. The van der Waals surface area contributed by atoms with Crippen LogP contribution in [0.2, 0.25) is 5.02 Å². The van der Waals surface area contributed by atoms with Gasteiger partial charge in [0.15, 0.2) is 0 Å². The highest BCUT2D eigenvalue weighted by molar-refractivity contribution is 6.31. The van der Waals surface area contributed by atoms with Crippen LogP contribution in [0.15, 0.2) is 55.1 Å². The van der Waals surface area contributed by atoms with E-state index in [1.807, 2.05) is 56.3 Å². The van der Waals surface area contributed by atoms with Crippen LogP contribution in [0.1, 0.15) is 36.7 Å². The molecule has 2 N–H and O–H groups in total. The van der Waals surface area contributed by atoms with Crippen molar-refractivity contribution in [3.8, 4) is 5.75 Å². The molecule has 37 heavy (non-hydrogen) atoms. The summed E-state index contributed by atoms with van der Waals surface area (Å²) in [6.45, 7) is 5.97. The van der Waals surface area contributed by atoms with E-state index in [4.69, 9.17) is 21.1 Å². The van der Waals surface area contributed by atoms with Crippen molar-refractivity contribution in [1.29, 1.82) is 0 Å². The minimum atomic E-state index is -0.314. The molecule has 1 atom stereocenters. The number of halogens is 1. The van der Waals surface area contributed by atoms with Crippen molar-refractivity contribution in [3.05, 3.63) is 77.0 Å². The Morgan fingerprint density at radius 1 is 1.19 bits per heavy atom. The van der Waals surface area contributed by atoms with Crippen molar-refractivity contribution >= 4 is 34.5 Å². The van der Waals surface area contributed by atoms with E-state index in [0.717, 1.165) is 34.3 Å². The zero-order valence-electron chi connectivity index (χ0n) is 20.8. The molecule has 2 aromatic heterocycles. The van der Waals surface area contributed by atoms with Gasteiger partial charge in [-0.1, -0.05) is 37.6 Å². The average molecular weight is 521 g/mol. The Morgan fingerprint density at radius 3 is 2.73 bits per heavy atom. The number of aromatic amines is 1. The standard InChI is InChI=1S/C27H29ClN6O3/c1-17(2)14-37-27(35)34-11-9-21-22-13-19(28)5-8-23(22)33-24(21)25(34)18-3-6-20(7-4-18)36-12-10-30-26-31-15-29-16-32-26/h3-8,13,15-17,25,33H,9-12,14H2,1-2H3,(H,29,30,31,32). The molecule has 10 heteroatoms. The molecule has 5 rings (SSSR count). The van der Waals surface area contributed by atoms with E-state index in [9.17, 15) is 4.79 Å². The average Bonchev–Trinajstić information content (AvgIpc) is 3.28. The number of hydrogen-bond donors (Lipinski definition) is 2. The highest BCUT2D eigenvalue weighted by atomic mass is 35.5. The summed E-state index contributed by atoms with van der Waals surface area (Å²) in [5.74, 6) is 1.50. The fourth-order valence-electron chi connectivity index (χ4n) is 4.53. The Bertz CT molecular complexity index is 1360. The lowest BCUT2D eigenvalue weighted by molar-refractivity contribution is 0.0797. The second-order valence-corrected chi connectivity index (χ2v) is 9.77. The van der Waals surface area contributed by atoms with Crippen LogP contribution in [-0.4, -0.2) is 57.2 Å². The molecule has 1 unspecified atom stereocenters. The summed E-state index contributed by atoms with van der Waals surface area (Å²) in [5, 5.41) is 4.87. The maximum Gasteiger partial charge on any atom is 0.410 e. The molecule has 2 aromatic carbocycles. The lowest BCUT2D eigenvalue weighted by atomic mass is 9.92. The summed E-state index contributed by atoms with van der Waals surface area (Å²) in [7, 11) is 0. The van der Waals surface area contributed by atoms with Crippen molar-refractivity contribution in [2.75, 3.05) is 31.6 Å². The maximum absolute atomic E-state index is 13.1. The minimum absolute atomic E-state index is 0.258. The summed E-state index contributed by atoms with van der Waals surface area (Å²) in [6.07, 6.45) is 3.29. The molecule has 0 fully saturated rings. The normalized spacial score (nSPS) is 15.0. The lowest BCUT2D eigenvalue weighted by Gasteiger charge is -2.35. The second-order valence-electron chi connectivity index (χ2n) is 9.33. The number of carbonyl (C=O) groups excluding carboxylic acids is 1. The van der Waals surface area contributed by atoms with E-state index in [1.54, 1.807) is 4.90 Å². The van der Waals surface area contributed by atoms with Gasteiger partial charge >= 0.3 is 6.09 Å². The van der Waals surface area contributed by atoms with Crippen LogP contribution in [0.3, 0.4) is 0 Å². The number of hydrogen-bond acceptors (Lipinski definition) is 7. The summed E-state index contributed by atoms with van der Waals surface area (Å²) >= 11 is 6.30. The molecule has 0 bridgehead atoms. The molecular formula is C27H29ClN6O3. The van der Waals surface area contributed by atoms with Crippen LogP contribution in [0.5, 0.6) is 5.75 Å². The first kappa shape index (κ1) is 24.8. The van der Waals surface area contributed by atoms with Gasteiger partial charge in [-0.25, -0.2) is 19.7 Å². The lowest BCUT2D eigenvalue weighted by Crippen LogP contribution is -2.41. The second kappa shape index (κ2) is 11.0. The third kappa shape index (κ3) is 5.61. The summed E-state index contributed by atoms with van der Waals surface area (Å²) in [6, 6.07) is 13.4. The van der Waals surface area contributed by atoms with E-state index in [-0.39, 0.29) is 18.1 Å². The number of fused-ring (bicyclic) bond motifs is 3. The van der Waals surface area contributed by atoms with Crippen LogP contribution >= 0.6 is 11.6 Å². The monoisotopic (exact) mass is 520 g/mol. The first-order chi connectivity index (χ1) is 18.0. The van der Waals surface area contributed by atoms with Gasteiger partial charge in [-0.3, -0.25) is 4.90 Å². The summed E-state index contributed by atoms with van der Waals surface area (Å²) < 4.78 is 11.5. The number of benzene rings is 2. The number of amides is 1. The molecule has 4 aromatic rings. The fraction of sp³-hybridized carbons (Fsp3) is 0.333. The molecule has 0 saturated heterocycles. The third-order valence-electron chi connectivity index (χ3n) is 6.21. The number of ether oxygens (including phenoxy) is 2. The zero-order chi connectivity index (χ0) is 25.8. The number of H-pyrrole nitrogens is 1. The number of aromatic nitrogens is 4. The van der Waals surface area contributed by atoms with E-state index in [0.29, 0.717) is 37.3 Å². The molecule has 0 aliphatic carbocycles. The van der Waals surface area contributed by atoms with Crippen LogP contribution < -0.4 is 10.1 Å². The van der Waals surface area contributed by atoms with Crippen molar-refractivity contribution in [2.45, 2.75) is 26.3 Å². The van der Waals surface area contributed by atoms with E-state index < -0.39 is 0 Å². The van der Waals surface area contributed by atoms with Crippen LogP contribution in [0.4, 0.5) is 10.7 Å². The highest BCUT2D eigenvalue weighted by Crippen LogP contribution is 2.39. The SMILES string of the molecule is CC(C)COC(=O)N1CCc2c([nH]c3ccc(Cl)cc23)C1c1ccc(OCCNc2ncncn2)cc1. The minimum Gasteiger partial charge on any atom is -0.492 e. The molecule has 3 heterocycles. The van der Waals surface area contributed by atoms with Gasteiger partial charge in [0.2, 0.25) is 5.95 Å². The highest BCUT2D eigenvalue weighted by Gasteiger charge is 2.35. The smallest absolute Gasteiger partial charge is 0.410 e. The number of nitrogens with one attached hydrogen (secondary N) is 2. The zero-order valence-corrected chi connectivity index (χ0v) is 21.5.